The number of amides is 1. The Hall–Kier alpha value is -1.55. The first kappa shape index (κ1) is 15.9. The number of anilines is 1. The summed E-state index contributed by atoms with van der Waals surface area (Å²) < 4.78 is 0. The second-order valence-corrected chi connectivity index (χ2v) is 8.45. The number of aryl methyl sites for hydroxylation is 1. The fourth-order valence-corrected chi connectivity index (χ4v) is 5.92. The fourth-order valence-electron chi connectivity index (χ4n) is 5.92. The van der Waals surface area contributed by atoms with Crippen LogP contribution in [0.4, 0.5) is 5.69 Å². The second kappa shape index (κ2) is 5.48. The van der Waals surface area contributed by atoms with Crippen LogP contribution in [0.25, 0.3) is 0 Å². The van der Waals surface area contributed by atoms with Crippen molar-refractivity contribution in [2.24, 2.45) is 17.3 Å². The minimum absolute atomic E-state index is 0.144. The highest BCUT2D eigenvalue weighted by molar-refractivity contribution is 5.90. The van der Waals surface area contributed by atoms with Crippen LogP contribution in [-0.4, -0.2) is 22.2 Å². The SMILES string of the molecule is CC(=O)Nc1cc2c(cc1O)CC[C@@H]1[C@@H]2CC[C@]2(C)C[C@H](O)C[C@@H]12. The van der Waals surface area contributed by atoms with Gasteiger partial charge >= 0.3 is 0 Å². The number of hydrogen-bond donors (Lipinski definition) is 3. The van der Waals surface area contributed by atoms with E-state index in [2.05, 4.69) is 12.2 Å². The lowest BCUT2D eigenvalue weighted by Gasteiger charge is -2.49. The van der Waals surface area contributed by atoms with E-state index in [1.807, 2.05) is 12.1 Å². The molecule has 2 fully saturated rings. The molecule has 0 aromatic heterocycles. The van der Waals surface area contributed by atoms with Gasteiger partial charge in [-0.25, -0.2) is 0 Å². The van der Waals surface area contributed by atoms with Crippen molar-refractivity contribution in [1.29, 1.82) is 0 Å². The lowest BCUT2D eigenvalue weighted by Crippen LogP contribution is -2.39. The molecule has 3 aliphatic carbocycles. The van der Waals surface area contributed by atoms with Crippen molar-refractivity contribution in [1.82, 2.24) is 0 Å². The minimum Gasteiger partial charge on any atom is -0.506 e. The third-order valence-electron chi connectivity index (χ3n) is 6.90. The Labute approximate surface area is 143 Å². The summed E-state index contributed by atoms with van der Waals surface area (Å²) in [6.45, 7) is 3.83. The molecule has 4 rings (SSSR count). The van der Waals surface area contributed by atoms with Gasteiger partial charge in [-0.2, -0.15) is 0 Å². The molecule has 0 heterocycles. The first-order chi connectivity index (χ1) is 11.4. The summed E-state index contributed by atoms with van der Waals surface area (Å²) in [6, 6.07) is 3.84. The molecular formula is C20H27NO3. The van der Waals surface area contributed by atoms with Crippen LogP contribution >= 0.6 is 0 Å². The molecule has 0 radical (unpaired) electrons. The Morgan fingerprint density at radius 2 is 2.12 bits per heavy atom. The number of phenolic OH excluding ortho intramolecular Hbond substituents is 1. The predicted molar refractivity (Wildman–Crippen MR) is 93.0 cm³/mol. The van der Waals surface area contributed by atoms with Crippen LogP contribution in [0.15, 0.2) is 12.1 Å². The largest absolute Gasteiger partial charge is 0.506 e. The van der Waals surface area contributed by atoms with E-state index >= 15 is 0 Å². The number of benzene rings is 1. The summed E-state index contributed by atoms with van der Waals surface area (Å²) in [5.74, 6) is 1.71. The van der Waals surface area contributed by atoms with E-state index in [1.165, 1.54) is 18.1 Å². The van der Waals surface area contributed by atoms with Gasteiger partial charge < -0.3 is 15.5 Å². The molecule has 1 amide bonds. The zero-order chi connectivity index (χ0) is 17.1. The summed E-state index contributed by atoms with van der Waals surface area (Å²) in [5, 5.41) is 23.2. The third-order valence-corrected chi connectivity index (χ3v) is 6.90. The van der Waals surface area contributed by atoms with Gasteiger partial charge in [0.15, 0.2) is 0 Å². The zero-order valence-electron chi connectivity index (χ0n) is 14.5. The van der Waals surface area contributed by atoms with Gasteiger partial charge in [0.1, 0.15) is 5.75 Å². The van der Waals surface area contributed by atoms with Crippen LogP contribution in [0.2, 0.25) is 0 Å². The first-order valence-corrected chi connectivity index (χ1v) is 9.19. The maximum atomic E-state index is 11.4. The number of fused-ring (bicyclic) bond motifs is 5. The van der Waals surface area contributed by atoms with Crippen LogP contribution < -0.4 is 5.32 Å². The molecule has 0 unspecified atom stereocenters. The Balaban J connectivity index is 1.70. The number of carbonyl (C=O) groups excluding carboxylic acids is 1. The van der Waals surface area contributed by atoms with Gasteiger partial charge in [-0.05, 0) is 85.0 Å². The average molecular weight is 329 g/mol. The smallest absolute Gasteiger partial charge is 0.221 e. The van der Waals surface area contributed by atoms with Crippen molar-refractivity contribution in [3.05, 3.63) is 23.3 Å². The quantitative estimate of drug-likeness (QED) is 0.690. The molecule has 3 N–H and O–H groups in total. The summed E-state index contributed by atoms with van der Waals surface area (Å²) in [5.41, 5.74) is 3.35. The molecule has 1 aromatic rings. The number of carbonyl (C=O) groups is 1. The fraction of sp³-hybridized carbons (Fsp3) is 0.650. The lowest BCUT2D eigenvalue weighted by molar-refractivity contribution is -0.114. The molecular weight excluding hydrogens is 302 g/mol. The molecule has 5 atom stereocenters. The molecule has 1 aromatic carbocycles. The highest BCUT2D eigenvalue weighted by Crippen LogP contribution is 2.61. The van der Waals surface area contributed by atoms with Gasteiger partial charge in [0, 0.05) is 6.92 Å². The molecule has 4 heteroatoms. The Morgan fingerprint density at radius 3 is 2.88 bits per heavy atom. The van der Waals surface area contributed by atoms with Crippen LogP contribution in [0.1, 0.15) is 63.0 Å². The number of aliphatic hydroxyl groups excluding tert-OH is 1. The average Bonchev–Trinajstić information content (AvgIpc) is 2.81. The molecule has 3 aliphatic rings. The van der Waals surface area contributed by atoms with Crippen LogP contribution in [0.5, 0.6) is 5.75 Å². The molecule has 0 saturated heterocycles. The Kier molecular flexibility index (Phi) is 3.64. The number of phenols is 1. The standard InChI is InChI=1S/C20H27NO3/c1-11(22)21-18-9-16-12(7-19(18)24)3-4-15-14(16)5-6-20(2)10-13(23)8-17(15)20/h7,9,13-15,17,23-24H,3-6,8,10H2,1-2H3,(H,21,22)/t13-,14+,15-,17+,20-/m1/s1. The maximum absolute atomic E-state index is 11.4. The monoisotopic (exact) mass is 329 g/mol. The van der Waals surface area contributed by atoms with E-state index in [4.69, 9.17) is 0 Å². The van der Waals surface area contributed by atoms with Gasteiger partial charge in [0.2, 0.25) is 5.91 Å². The third kappa shape index (κ3) is 2.43. The van der Waals surface area contributed by atoms with E-state index in [-0.39, 0.29) is 23.2 Å². The number of aromatic hydroxyl groups is 1. The summed E-state index contributed by atoms with van der Waals surface area (Å²) in [4.78, 5) is 11.4. The topological polar surface area (TPSA) is 69.6 Å². The highest BCUT2D eigenvalue weighted by atomic mass is 16.3. The molecule has 4 nitrogen and oxygen atoms in total. The van der Waals surface area contributed by atoms with Crippen LogP contribution in [-0.2, 0) is 11.2 Å². The molecule has 130 valence electrons. The van der Waals surface area contributed by atoms with Gasteiger partial charge in [-0.3, -0.25) is 4.79 Å². The van der Waals surface area contributed by atoms with Gasteiger partial charge in [-0.15, -0.1) is 0 Å². The minimum atomic E-state index is -0.159. The van der Waals surface area contributed by atoms with E-state index in [0.717, 1.165) is 38.5 Å². The molecule has 24 heavy (non-hydrogen) atoms. The Morgan fingerprint density at radius 1 is 1.33 bits per heavy atom. The summed E-state index contributed by atoms with van der Waals surface area (Å²) in [6.07, 6.45) is 6.16. The molecule has 0 aliphatic heterocycles. The predicted octanol–water partition coefficient (Wildman–Crippen LogP) is 3.57. The first-order valence-electron chi connectivity index (χ1n) is 9.19. The van der Waals surface area contributed by atoms with Crippen molar-refractivity contribution >= 4 is 11.6 Å². The Bertz CT molecular complexity index is 686. The number of aliphatic hydroxyl groups is 1. The van der Waals surface area contributed by atoms with E-state index in [1.54, 1.807) is 0 Å². The zero-order valence-corrected chi connectivity index (χ0v) is 14.5. The van der Waals surface area contributed by atoms with Gasteiger partial charge in [-0.1, -0.05) is 6.92 Å². The number of rotatable bonds is 1. The van der Waals surface area contributed by atoms with Crippen molar-refractivity contribution in [3.63, 3.8) is 0 Å². The van der Waals surface area contributed by atoms with Crippen molar-refractivity contribution in [2.45, 2.75) is 64.4 Å². The second-order valence-electron chi connectivity index (χ2n) is 8.45. The van der Waals surface area contributed by atoms with E-state index in [0.29, 0.717) is 23.4 Å². The summed E-state index contributed by atoms with van der Waals surface area (Å²) in [7, 11) is 0. The van der Waals surface area contributed by atoms with Gasteiger partial charge in [0.25, 0.3) is 0 Å². The van der Waals surface area contributed by atoms with Crippen LogP contribution in [0.3, 0.4) is 0 Å². The lowest BCUT2D eigenvalue weighted by atomic mass is 9.56. The van der Waals surface area contributed by atoms with Crippen molar-refractivity contribution in [2.75, 3.05) is 5.32 Å². The van der Waals surface area contributed by atoms with Crippen molar-refractivity contribution in [3.8, 4) is 5.75 Å². The number of nitrogens with one attached hydrogen (secondary N) is 1. The normalized spacial score (nSPS) is 37.3. The maximum Gasteiger partial charge on any atom is 0.221 e. The molecule has 2 saturated carbocycles. The van der Waals surface area contributed by atoms with E-state index < -0.39 is 0 Å². The summed E-state index contributed by atoms with van der Waals surface area (Å²) >= 11 is 0. The van der Waals surface area contributed by atoms with Crippen LogP contribution in [0, 0.1) is 17.3 Å². The van der Waals surface area contributed by atoms with Crippen molar-refractivity contribution < 1.29 is 15.0 Å². The number of hydrogen-bond acceptors (Lipinski definition) is 3. The molecule has 0 spiro atoms. The molecule has 0 bridgehead atoms. The van der Waals surface area contributed by atoms with E-state index in [9.17, 15) is 15.0 Å². The van der Waals surface area contributed by atoms with Gasteiger partial charge in [0.05, 0.1) is 11.8 Å². The highest BCUT2D eigenvalue weighted by Gasteiger charge is 2.52.